The zero-order valence-corrected chi connectivity index (χ0v) is 17.6. The Morgan fingerprint density at radius 2 is 1.81 bits per heavy atom. The number of likely N-dealkylation sites (tertiary alicyclic amines) is 1. The summed E-state index contributed by atoms with van der Waals surface area (Å²) in [5, 5.41) is 4.54. The fourth-order valence-corrected chi connectivity index (χ4v) is 3.67. The van der Waals surface area contributed by atoms with Crippen molar-refractivity contribution in [1.29, 1.82) is 0 Å². The van der Waals surface area contributed by atoms with E-state index in [1.807, 2.05) is 6.20 Å². The Morgan fingerprint density at radius 3 is 2.46 bits per heavy atom. The van der Waals surface area contributed by atoms with Gasteiger partial charge in [0.05, 0.1) is 6.20 Å². The van der Waals surface area contributed by atoms with Crippen LogP contribution in [0.2, 0.25) is 0 Å². The predicted molar refractivity (Wildman–Crippen MR) is 110 cm³/mol. The van der Waals surface area contributed by atoms with E-state index in [0.717, 1.165) is 31.6 Å². The van der Waals surface area contributed by atoms with Crippen molar-refractivity contribution < 1.29 is 4.74 Å². The average molecular weight is 364 g/mol. The second kappa shape index (κ2) is 11.8. The van der Waals surface area contributed by atoms with Crippen LogP contribution in [-0.2, 0) is 11.3 Å². The van der Waals surface area contributed by atoms with E-state index in [9.17, 15) is 0 Å². The van der Waals surface area contributed by atoms with Crippen molar-refractivity contribution in [3.05, 3.63) is 18.0 Å². The zero-order valence-electron chi connectivity index (χ0n) is 17.6. The third-order valence-electron chi connectivity index (χ3n) is 5.56. The molecule has 0 amide bonds. The number of aromatic nitrogens is 2. The number of rotatable bonds is 12. The molecule has 0 radical (unpaired) electrons. The minimum absolute atomic E-state index is 0.574. The minimum atomic E-state index is 0.574. The average Bonchev–Trinajstić information content (AvgIpc) is 3.07. The molecule has 0 spiro atoms. The molecule has 2 rings (SSSR count). The van der Waals surface area contributed by atoms with Crippen LogP contribution < -0.4 is 0 Å². The first kappa shape index (κ1) is 21.4. The molecule has 0 bridgehead atoms. The first-order valence-corrected chi connectivity index (χ1v) is 10.9. The molecule has 0 unspecified atom stereocenters. The SMILES string of the molecule is CC(C)CCCOCCCCN1CCC(Cn2cc(C(C)C)cn2)CC1. The van der Waals surface area contributed by atoms with Gasteiger partial charge in [-0.25, -0.2) is 0 Å². The van der Waals surface area contributed by atoms with Gasteiger partial charge in [0.2, 0.25) is 0 Å². The van der Waals surface area contributed by atoms with Gasteiger partial charge in [-0.05, 0) is 81.5 Å². The molecule has 0 atom stereocenters. The van der Waals surface area contributed by atoms with Crippen LogP contribution in [0.4, 0.5) is 0 Å². The molecule has 1 aliphatic heterocycles. The van der Waals surface area contributed by atoms with E-state index in [1.54, 1.807) is 0 Å². The first-order valence-electron chi connectivity index (χ1n) is 10.9. The van der Waals surface area contributed by atoms with E-state index in [2.05, 4.69) is 48.6 Å². The van der Waals surface area contributed by atoms with Gasteiger partial charge >= 0.3 is 0 Å². The van der Waals surface area contributed by atoms with Gasteiger partial charge in [-0.2, -0.15) is 5.10 Å². The zero-order chi connectivity index (χ0) is 18.8. The summed E-state index contributed by atoms with van der Waals surface area (Å²) in [5.41, 5.74) is 1.36. The lowest BCUT2D eigenvalue weighted by molar-refractivity contribution is 0.117. The molecule has 0 N–H and O–H groups in total. The Balaban J connectivity index is 1.49. The maximum atomic E-state index is 5.75. The fourth-order valence-electron chi connectivity index (χ4n) is 3.67. The molecular formula is C22H41N3O. The molecule has 1 fully saturated rings. The molecular weight excluding hydrogens is 322 g/mol. The highest BCUT2D eigenvalue weighted by atomic mass is 16.5. The molecule has 2 heterocycles. The van der Waals surface area contributed by atoms with Crippen LogP contribution in [0.3, 0.4) is 0 Å². The molecule has 26 heavy (non-hydrogen) atoms. The Kier molecular flexibility index (Phi) is 9.69. The third-order valence-corrected chi connectivity index (χ3v) is 5.56. The van der Waals surface area contributed by atoms with Gasteiger partial charge in [-0.15, -0.1) is 0 Å². The summed E-state index contributed by atoms with van der Waals surface area (Å²) in [6.07, 6.45) is 11.8. The summed E-state index contributed by atoms with van der Waals surface area (Å²) in [5.74, 6) is 2.16. The maximum Gasteiger partial charge on any atom is 0.0524 e. The molecule has 150 valence electrons. The molecule has 1 saturated heterocycles. The number of hydrogen-bond donors (Lipinski definition) is 0. The molecule has 4 heteroatoms. The van der Waals surface area contributed by atoms with Gasteiger partial charge < -0.3 is 9.64 Å². The number of piperidine rings is 1. The Labute approximate surface area is 161 Å². The van der Waals surface area contributed by atoms with Crippen LogP contribution >= 0.6 is 0 Å². The molecule has 0 aliphatic carbocycles. The molecule has 1 aromatic heterocycles. The van der Waals surface area contributed by atoms with Crippen molar-refractivity contribution >= 4 is 0 Å². The van der Waals surface area contributed by atoms with Gasteiger partial charge in [-0.1, -0.05) is 27.7 Å². The summed E-state index contributed by atoms with van der Waals surface area (Å²) in [4.78, 5) is 2.64. The summed E-state index contributed by atoms with van der Waals surface area (Å²) < 4.78 is 7.91. The van der Waals surface area contributed by atoms with Gasteiger partial charge in [0.15, 0.2) is 0 Å². The van der Waals surface area contributed by atoms with Crippen molar-refractivity contribution in [2.75, 3.05) is 32.8 Å². The standard InChI is InChI=1S/C22H41N3O/c1-19(2)8-7-15-26-14-6-5-11-24-12-9-21(10-13-24)17-25-18-22(16-23-25)20(3)4/h16,18-21H,5-15,17H2,1-4H3. The van der Waals surface area contributed by atoms with Crippen LogP contribution in [0, 0.1) is 11.8 Å². The lowest BCUT2D eigenvalue weighted by atomic mass is 9.96. The highest BCUT2D eigenvalue weighted by molar-refractivity contribution is 5.08. The van der Waals surface area contributed by atoms with Crippen molar-refractivity contribution in [1.82, 2.24) is 14.7 Å². The Morgan fingerprint density at radius 1 is 1.08 bits per heavy atom. The summed E-state index contributed by atoms with van der Waals surface area (Å²) >= 11 is 0. The molecule has 0 aromatic carbocycles. The van der Waals surface area contributed by atoms with E-state index in [-0.39, 0.29) is 0 Å². The summed E-state index contributed by atoms with van der Waals surface area (Å²) in [6.45, 7) is 15.7. The number of ether oxygens (including phenoxy) is 1. The highest BCUT2D eigenvalue weighted by Gasteiger charge is 2.19. The Bertz CT molecular complexity index is 475. The fraction of sp³-hybridized carbons (Fsp3) is 0.864. The lowest BCUT2D eigenvalue weighted by Crippen LogP contribution is -2.35. The Hall–Kier alpha value is -0.870. The summed E-state index contributed by atoms with van der Waals surface area (Å²) in [7, 11) is 0. The van der Waals surface area contributed by atoms with Crippen molar-refractivity contribution in [2.45, 2.75) is 78.7 Å². The van der Waals surface area contributed by atoms with Crippen molar-refractivity contribution in [2.24, 2.45) is 11.8 Å². The van der Waals surface area contributed by atoms with Crippen LogP contribution in [0.15, 0.2) is 12.4 Å². The van der Waals surface area contributed by atoms with Crippen LogP contribution in [0.1, 0.15) is 77.7 Å². The maximum absolute atomic E-state index is 5.75. The smallest absolute Gasteiger partial charge is 0.0524 e. The van der Waals surface area contributed by atoms with E-state index in [4.69, 9.17) is 4.74 Å². The largest absolute Gasteiger partial charge is 0.381 e. The van der Waals surface area contributed by atoms with Crippen LogP contribution in [-0.4, -0.2) is 47.5 Å². The van der Waals surface area contributed by atoms with Gasteiger partial charge in [0.25, 0.3) is 0 Å². The monoisotopic (exact) mass is 363 g/mol. The highest BCUT2D eigenvalue weighted by Crippen LogP contribution is 2.20. The van der Waals surface area contributed by atoms with Crippen LogP contribution in [0.25, 0.3) is 0 Å². The third kappa shape index (κ3) is 8.22. The normalized spacial score (nSPS) is 16.8. The second-order valence-electron chi connectivity index (χ2n) is 8.79. The van der Waals surface area contributed by atoms with Crippen molar-refractivity contribution in [3.63, 3.8) is 0 Å². The predicted octanol–water partition coefficient (Wildman–Crippen LogP) is 4.95. The number of nitrogens with zero attached hydrogens (tertiary/aromatic N) is 3. The molecule has 1 aliphatic rings. The number of unbranched alkanes of at least 4 members (excludes halogenated alkanes) is 1. The van der Waals surface area contributed by atoms with Crippen molar-refractivity contribution in [3.8, 4) is 0 Å². The van der Waals surface area contributed by atoms with E-state index in [0.29, 0.717) is 5.92 Å². The van der Waals surface area contributed by atoms with E-state index in [1.165, 1.54) is 63.7 Å². The van der Waals surface area contributed by atoms with E-state index < -0.39 is 0 Å². The van der Waals surface area contributed by atoms with E-state index >= 15 is 0 Å². The molecule has 1 aromatic rings. The first-order chi connectivity index (χ1) is 12.5. The van der Waals surface area contributed by atoms with Gasteiger partial charge in [0, 0.05) is 26.0 Å². The van der Waals surface area contributed by atoms with Gasteiger partial charge in [0.1, 0.15) is 0 Å². The summed E-state index contributed by atoms with van der Waals surface area (Å²) in [6, 6.07) is 0. The topological polar surface area (TPSA) is 30.3 Å². The van der Waals surface area contributed by atoms with Crippen LogP contribution in [0.5, 0.6) is 0 Å². The molecule has 0 saturated carbocycles. The lowest BCUT2D eigenvalue weighted by Gasteiger charge is -2.31. The van der Waals surface area contributed by atoms with Gasteiger partial charge in [-0.3, -0.25) is 4.68 Å². The second-order valence-corrected chi connectivity index (χ2v) is 8.79. The minimum Gasteiger partial charge on any atom is -0.381 e. The quantitative estimate of drug-likeness (QED) is 0.492. The molecule has 4 nitrogen and oxygen atoms in total. The number of hydrogen-bond acceptors (Lipinski definition) is 3.